The molecule has 2 aliphatic heterocycles. The molecule has 0 aliphatic carbocycles. The molecule has 2 heterocycles. The Morgan fingerprint density at radius 2 is 1.71 bits per heavy atom. The predicted molar refractivity (Wildman–Crippen MR) is 82.7 cm³/mol. The molecule has 21 heavy (non-hydrogen) atoms. The molecule has 0 amide bonds. The first kappa shape index (κ1) is 14.5. The Bertz CT molecular complexity index is 483. The van der Waals surface area contributed by atoms with Gasteiger partial charge < -0.3 is 4.74 Å². The minimum absolute atomic E-state index is 0.295. The van der Waals surface area contributed by atoms with Gasteiger partial charge in [-0.2, -0.15) is 0 Å². The molecule has 3 rings (SSSR count). The van der Waals surface area contributed by atoms with Crippen molar-refractivity contribution in [3.8, 4) is 0 Å². The molecule has 2 fully saturated rings. The number of nitrogens with zero attached hydrogens (tertiary/aromatic N) is 3. The van der Waals surface area contributed by atoms with E-state index in [2.05, 4.69) is 45.0 Å². The number of rotatable bonds is 3. The fourth-order valence-corrected chi connectivity index (χ4v) is 3.36. The van der Waals surface area contributed by atoms with Crippen LogP contribution in [0.25, 0.3) is 4.85 Å². The highest BCUT2D eigenvalue weighted by atomic mass is 16.5. The molecule has 4 nitrogen and oxygen atoms in total. The Balaban J connectivity index is 1.56. The van der Waals surface area contributed by atoms with Crippen LogP contribution >= 0.6 is 0 Å². The molecule has 112 valence electrons. The van der Waals surface area contributed by atoms with Gasteiger partial charge in [0.2, 0.25) is 0 Å². The lowest BCUT2D eigenvalue weighted by molar-refractivity contribution is -0.0251. The molecule has 4 heteroatoms. The smallest absolute Gasteiger partial charge is 0.293 e. The fraction of sp³-hybridized carbons (Fsp3) is 0.588. The zero-order valence-corrected chi connectivity index (χ0v) is 12.5. The maximum Gasteiger partial charge on any atom is 0.293 e. The third kappa shape index (κ3) is 3.26. The van der Waals surface area contributed by atoms with Gasteiger partial charge in [-0.15, -0.1) is 0 Å². The van der Waals surface area contributed by atoms with Crippen molar-refractivity contribution >= 4 is 0 Å². The highest BCUT2D eigenvalue weighted by molar-refractivity contribution is 5.14. The van der Waals surface area contributed by atoms with E-state index in [9.17, 15) is 0 Å². The van der Waals surface area contributed by atoms with Crippen LogP contribution in [-0.4, -0.2) is 54.9 Å². The van der Waals surface area contributed by atoms with Gasteiger partial charge in [0.05, 0.1) is 26.1 Å². The molecule has 2 saturated heterocycles. The predicted octanol–water partition coefficient (Wildman–Crippen LogP) is 2.23. The van der Waals surface area contributed by atoms with Crippen LogP contribution < -0.4 is 0 Å². The van der Waals surface area contributed by atoms with Crippen molar-refractivity contribution in [1.29, 1.82) is 0 Å². The molecule has 1 aromatic carbocycles. The first-order valence-electron chi connectivity index (χ1n) is 7.80. The van der Waals surface area contributed by atoms with E-state index < -0.39 is 0 Å². The summed E-state index contributed by atoms with van der Waals surface area (Å²) in [5.41, 5.74) is 1.08. The lowest BCUT2D eigenvalue weighted by atomic mass is 9.98. The van der Waals surface area contributed by atoms with Crippen molar-refractivity contribution in [3.63, 3.8) is 0 Å². The highest BCUT2D eigenvalue weighted by Crippen LogP contribution is 2.30. The molecule has 0 unspecified atom stereocenters. The van der Waals surface area contributed by atoms with E-state index in [-0.39, 0.29) is 5.66 Å². The van der Waals surface area contributed by atoms with Crippen molar-refractivity contribution < 1.29 is 4.74 Å². The van der Waals surface area contributed by atoms with Gasteiger partial charge >= 0.3 is 0 Å². The zero-order valence-electron chi connectivity index (χ0n) is 12.5. The van der Waals surface area contributed by atoms with Crippen molar-refractivity contribution in [3.05, 3.63) is 47.3 Å². The van der Waals surface area contributed by atoms with Gasteiger partial charge in [0, 0.05) is 32.7 Å². The summed E-state index contributed by atoms with van der Waals surface area (Å²) in [5, 5.41) is 0. The summed E-state index contributed by atoms with van der Waals surface area (Å²) in [6.07, 6.45) is 1.71. The fourth-order valence-electron chi connectivity index (χ4n) is 3.36. The molecule has 1 aromatic rings. The lowest BCUT2D eigenvalue weighted by Gasteiger charge is -2.41. The quantitative estimate of drug-likeness (QED) is 0.794. The maximum absolute atomic E-state index is 7.63. The Kier molecular flexibility index (Phi) is 4.54. The van der Waals surface area contributed by atoms with E-state index in [1.807, 2.05) is 0 Å². The van der Waals surface area contributed by atoms with E-state index in [1.165, 1.54) is 5.56 Å². The number of ether oxygens (including phenoxy) is 1. The van der Waals surface area contributed by atoms with E-state index in [1.54, 1.807) is 0 Å². The van der Waals surface area contributed by atoms with Crippen molar-refractivity contribution in [2.75, 3.05) is 39.4 Å². The van der Waals surface area contributed by atoms with Gasteiger partial charge in [-0.05, 0) is 5.56 Å². The zero-order chi connectivity index (χ0) is 14.5. The molecule has 0 spiro atoms. The van der Waals surface area contributed by atoms with Gasteiger partial charge in [-0.25, -0.2) is 11.5 Å². The second-order valence-electron chi connectivity index (χ2n) is 5.96. The average molecular weight is 285 g/mol. The second kappa shape index (κ2) is 6.57. The summed E-state index contributed by atoms with van der Waals surface area (Å²) in [7, 11) is 0. The van der Waals surface area contributed by atoms with Crippen molar-refractivity contribution in [1.82, 2.24) is 9.80 Å². The highest BCUT2D eigenvalue weighted by Gasteiger charge is 2.45. The Morgan fingerprint density at radius 1 is 1.05 bits per heavy atom. The molecular weight excluding hydrogens is 262 g/mol. The molecule has 0 bridgehead atoms. The summed E-state index contributed by atoms with van der Waals surface area (Å²) in [4.78, 5) is 8.87. The normalized spacial score (nSPS) is 23.6. The number of hydrogen-bond acceptors (Lipinski definition) is 3. The minimum Gasteiger partial charge on any atom is -0.381 e. The average Bonchev–Trinajstić information content (AvgIpc) is 2.57. The summed E-state index contributed by atoms with van der Waals surface area (Å²) in [6, 6.07) is 10.6. The molecule has 0 radical (unpaired) electrons. The molecule has 0 N–H and O–H groups in total. The number of hydrogen-bond donors (Lipinski definition) is 0. The SMILES string of the molecule is [C-]#[N+]C1(N2CCN(Cc3ccccc3)CC2)CCOCC1. The Morgan fingerprint density at radius 3 is 2.33 bits per heavy atom. The largest absolute Gasteiger partial charge is 0.381 e. The third-order valence-corrected chi connectivity index (χ3v) is 4.71. The van der Waals surface area contributed by atoms with Gasteiger partial charge in [0.25, 0.3) is 5.66 Å². The number of benzene rings is 1. The van der Waals surface area contributed by atoms with Crippen molar-refractivity contribution in [2.45, 2.75) is 25.0 Å². The second-order valence-corrected chi connectivity index (χ2v) is 5.96. The Hall–Kier alpha value is -1.41. The summed E-state index contributed by atoms with van der Waals surface area (Å²) < 4.78 is 5.44. The van der Waals surface area contributed by atoms with Crippen LogP contribution in [0.1, 0.15) is 18.4 Å². The number of piperazine rings is 1. The minimum atomic E-state index is -0.295. The molecule has 0 saturated carbocycles. The topological polar surface area (TPSA) is 20.1 Å². The first-order chi connectivity index (χ1) is 10.3. The van der Waals surface area contributed by atoms with Crippen LogP contribution in [0.5, 0.6) is 0 Å². The molecule has 0 aromatic heterocycles. The van der Waals surface area contributed by atoms with E-state index in [0.29, 0.717) is 0 Å². The van der Waals surface area contributed by atoms with E-state index in [4.69, 9.17) is 11.3 Å². The Labute approximate surface area is 127 Å². The van der Waals surface area contributed by atoms with E-state index >= 15 is 0 Å². The molecular formula is C17H23N3O. The van der Waals surface area contributed by atoms with Gasteiger partial charge in [0.1, 0.15) is 0 Å². The van der Waals surface area contributed by atoms with Crippen LogP contribution in [0.3, 0.4) is 0 Å². The van der Waals surface area contributed by atoms with Crippen LogP contribution in [0.4, 0.5) is 0 Å². The summed E-state index contributed by atoms with van der Waals surface area (Å²) >= 11 is 0. The molecule has 0 atom stereocenters. The molecule has 2 aliphatic rings. The van der Waals surface area contributed by atoms with Gasteiger partial charge in [-0.3, -0.25) is 9.74 Å². The summed E-state index contributed by atoms with van der Waals surface area (Å²) in [5.74, 6) is 0. The summed E-state index contributed by atoms with van der Waals surface area (Å²) in [6.45, 7) is 14.2. The van der Waals surface area contributed by atoms with E-state index in [0.717, 1.165) is 58.8 Å². The lowest BCUT2D eigenvalue weighted by Crippen LogP contribution is -2.57. The first-order valence-corrected chi connectivity index (χ1v) is 7.80. The van der Waals surface area contributed by atoms with Crippen LogP contribution in [0.2, 0.25) is 0 Å². The van der Waals surface area contributed by atoms with Crippen LogP contribution in [0, 0.1) is 6.57 Å². The third-order valence-electron chi connectivity index (χ3n) is 4.71. The van der Waals surface area contributed by atoms with Gasteiger partial charge in [-0.1, -0.05) is 30.3 Å². The monoisotopic (exact) mass is 285 g/mol. The maximum atomic E-state index is 7.63. The van der Waals surface area contributed by atoms with Gasteiger partial charge in [0.15, 0.2) is 0 Å². The van der Waals surface area contributed by atoms with Crippen molar-refractivity contribution in [2.24, 2.45) is 0 Å². The van der Waals surface area contributed by atoms with Crippen LogP contribution in [0.15, 0.2) is 30.3 Å². The standard InChI is InChI=1S/C17H23N3O/c1-18-17(7-13-21-14-8-17)20-11-9-19(10-12-20)15-16-5-3-2-4-6-16/h2-6H,7-15H2. The van der Waals surface area contributed by atoms with Crippen LogP contribution in [-0.2, 0) is 11.3 Å².